The van der Waals surface area contributed by atoms with Crippen LogP contribution in [0.3, 0.4) is 0 Å². The standard InChI is InChI=1S/C24H32N2O3/c1-18-5-7-21-20(13-18)16-26(17-24(29-21)9-11-25(2)12-10-24)15-19-6-8-22(27-3)23(14-19)28-4/h5-8,13-14H,9-12,15-17H2,1-4H3. The van der Waals surface area contributed by atoms with Gasteiger partial charge in [0.15, 0.2) is 11.5 Å². The number of fused-ring (bicyclic) bond motifs is 1. The van der Waals surface area contributed by atoms with Gasteiger partial charge in [-0.25, -0.2) is 0 Å². The number of benzene rings is 2. The highest BCUT2D eigenvalue weighted by Crippen LogP contribution is 2.37. The van der Waals surface area contributed by atoms with Crippen LogP contribution in [0.1, 0.15) is 29.5 Å². The van der Waals surface area contributed by atoms with Crippen LogP contribution in [0.2, 0.25) is 0 Å². The zero-order valence-electron chi connectivity index (χ0n) is 18.0. The average Bonchev–Trinajstić information content (AvgIpc) is 2.86. The fourth-order valence-corrected chi connectivity index (χ4v) is 4.54. The predicted molar refractivity (Wildman–Crippen MR) is 115 cm³/mol. The second kappa shape index (κ2) is 8.25. The minimum absolute atomic E-state index is 0.121. The zero-order valence-corrected chi connectivity index (χ0v) is 18.0. The largest absolute Gasteiger partial charge is 0.493 e. The molecule has 1 spiro atoms. The molecule has 0 N–H and O–H groups in total. The first-order chi connectivity index (χ1) is 14.0. The van der Waals surface area contributed by atoms with Gasteiger partial charge >= 0.3 is 0 Å². The van der Waals surface area contributed by atoms with Crippen LogP contribution < -0.4 is 14.2 Å². The van der Waals surface area contributed by atoms with Gasteiger partial charge in [-0.1, -0.05) is 23.8 Å². The van der Waals surface area contributed by atoms with Crippen LogP contribution in [0.25, 0.3) is 0 Å². The highest BCUT2D eigenvalue weighted by atomic mass is 16.5. The van der Waals surface area contributed by atoms with E-state index < -0.39 is 0 Å². The molecule has 5 nitrogen and oxygen atoms in total. The number of aryl methyl sites for hydroxylation is 1. The van der Waals surface area contributed by atoms with E-state index in [0.29, 0.717) is 0 Å². The fourth-order valence-electron chi connectivity index (χ4n) is 4.54. The molecule has 0 saturated carbocycles. The summed E-state index contributed by atoms with van der Waals surface area (Å²) in [5, 5.41) is 0. The second-order valence-electron chi connectivity index (χ2n) is 8.53. The van der Waals surface area contributed by atoms with E-state index in [1.54, 1.807) is 14.2 Å². The van der Waals surface area contributed by atoms with Crippen LogP contribution in [-0.4, -0.2) is 56.3 Å². The molecule has 2 aliphatic rings. The Bertz CT molecular complexity index is 859. The number of hydrogen-bond donors (Lipinski definition) is 0. The zero-order chi connectivity index (χ0) is 20.4. The Labute approximate surface area is 174 Å². The Morgan fingerprint density at radius 3 is 2.48 bits per heavy atom. The topological polar surface area (TPSA) is 34.2 Å². The van der Waals surface area contributed by atoms with E-state index in [4.69, 9.17) is 14.2 Å². The van der Waals surface area contributed by atoms with E-state index in [1.807, 2.05) is 6.07 Å². The van der Waals surface area contributed by atoms with Gasteiger partial charge in [0, 0.05) is 51.1 Å². The van der Waals surface area contributed by atoms with Gasteiger partial charge < -0.3 is 19.1 Å². The first-order valence-electron chi connectivity index (χ1n) is 10.4. The van der Waals surface area contributed by atoms with Gasteiger partial charge in [-0.15, -0.1) is 0 Å². The van der Waals surface area contributed by atoms with Crippen LogP contribution in [0, 0.1) is 6.92 Å². The third kappa shape index (κ3) is 4.36. The summed E-state index contributed by atoms with van der Waals surface area (Å²) in [5.41, 5.74) is 3.66. The number of rotatable bonds is 4. The molecule has 2 aliphatic heterocycles. The van der Waals surface area contributed by atoms with Gasteiger partial charge in [-0.2, -0.15) is 0 Å². The van der Waals surface area contributed by atoms with Crippen LogP contribution in [0.5, 0.6) is 17.2 Å². The maximum absolute atomic E-state index is 6.73. The summed E-state index contributed by atoms with van der Waals surface area (Å²) in [4.78, 5) is 4.92. The molecule has 0 aromatic heterocycles. The molecule has 5 heteroatoms. The van der Waals surface area contributed by atoms with E-state index in [-0.39, 0.29) is 5.60 Å². The molecular formula is C24H32N2O3. The predicted octanol–water partition coefficient (Wildman–Crippen LogP) is 3.87. The molecule has 0 atom stereocenters. The van der Waals surface area contributed by atoms with Crippen molar-refractivity contribution in [3.05, 3.63) is 53.1 Å². The molecule has 0 bridgehead atoms. The van der Waals surface area contributed by atoms with Crippen molar-refractivity contribution in [3.8, 4) is 17.2 Å². The normalized spacial score (nSPS) is 19.3. The van der Waals surface area contributed by atoms with Crippen LogP contribution in [-0.2, 0) is 13.1 Å². The lowest BCUT2D eigenvalue weighted by Crippen LogP contribution is -2.52. The lowest BCUT2D eigenvalue weighted by molar-refractivity contribution is -0.0146. The molecule has 2 heterocycles. The van der Waals surface area contributed by atoms with E-state index in [0.717, 1.165) is 62.8 Å². The van der Waals surface area contributed by atoms with Gasteiger partial charge in [-0.3, -0.25) is 4.90 Å². The smallest absolute Gasteiger partial charge is 0.161 e. The van der Waals surface area contributed by atoms with Gasteiger partial charge in [-0.05, 0) is 37.7 Å². The Kier molecular flexibility index (Phi) is 5.70. The second-order valence-corrected chi connectivity index (χ2v) is 8.53. The molecule has 0 radical (unpaired) electrons. The van der Waals surface area contributed by atoms with Crippen LogP contribution >= 0.6 is 0 Å². The average molecular weight is 397 g/mol. The summed E-state index contributed by atoms with van der Waals surface area (Å²) in [5.74, 6) is 2.60. The van der Waals surface area contributed by atoms with Crippen molar-refractivity contribution < 1.29 is 14.2 Å². The van der Waals surface area contributed by atoms with Gasteiger partial charge in [0.2, 0.25) is 0 Å². The summed E-state index contributed by atoms with van der Waals surface area (Å²) >= 11 is 0. The molecule has 0 amide bonds. The maximum atomic E-state index is 6.73. The van der Waals surface area contributed by atoms with E-state index >= 15 is 0 Å². The van der Waals surface area contributed by atoms with Crippen molar-refractivity contribution in [2.45, 2.75) is 38.5 Å². The fraction of sp³-hybridized carbons (Fsp3) is 0.500. The Balaban J connectivity index is 1.63. The third-order valence-corrected chi connectivity index (χ3v) is 6.20. The number of methoxy groups -OCH3 is 2. The molecule has 0 unspecified atom stereocenters. The van der Waals surface area contributed by atoms with E-state index in [1.165, 1.54) is 16.7 Å². The quantitative estimate of drug-likeness (QED) is 0.784. The Morgan fingerprint density at radius 1 is 1.00 bits per heavy atom. The summed E-state index contributed by atoms with van der Waals surface area (Å²) in [6.45, 7) is 6.98. The molecule has 4 rings (SSSR count). The molecule has 1 saturated heterocycles. The summed E-state index contributed by atoms with van der Waals surface area (Å²) in [6.07, 6.45) is 2.11. The minimum Gasteiger partial charge on any atom is -0.493 e. The molecule has 1 fully saturated rings. The van der Waals surface area contributed by atoms with Crippen molar-refractivity contribution in [2.75, 3.05) is 40.9 Å². The van der Waals surface area contributed by atoms with Crippen molar-refractivity contribution in [1.82, 2.24) is 9.80 Å². The highest BCUT2D eigenvalue weighted by Gasteiger charge is 2.40. The highest BCUT2D eigenvalue weighted by molar-refractivity contribution is 5.43. The number of hydrogen-bond acceptors (Lipinski definition) is 5. The van der Waals surface area contributed by atoms with Crippen molar-refractivity contribution in [2.24, 2.45) is 0 Å². The first kappa shape index (κ1) is 20.0. The molecular weight excluding hydrogens is 364 g/mol. The molecule has 0 aliphatic carbocycles. The lowest BCUT2D eigenvalue weighted by Gasteiger charge is -2.42. The van der Waals surface area contributed by atoms with Crippen LogP contribution in [0.4, 0.5) is 0 Å². The van der Waals surface area contributed by atoms with E-state index in [9.17, 15) is 0 Å². The Hall–Kier alpha value is -2.24. The van der Waals surface area contributed by atoms with Gasteiger partial charge in [0.05, 0.1) is 14.2 Å². The number of piperidine rings is 1. The van der Waals surface area contributed by atoms with Crippen molar-refractivity contribution in [3.63, 3.8) is 0 Å². The minimum atomic E-state index is -0.121. The molecule has 2 aromatic rings. The SMILES string of the molecule is COc1ccc(CN2Cc3cc(C)ccc3OC3(CCN(C)CC3)C2)cc1OC. The summed E-state index contributed by atoms with van der Waals surface area (Å²) in [6, 6.07) is 12.8. The number of ether oxygens (including phenoxy) is 3. The van der Waals surface area contributed by atoms with Crippen molar-refractivity contribution >= 4 is 0 Å². The number of likely N-dealkylation sites (tertiary alicyclic amines) is 1. The van der Waals surface area contributed by atoms with Gasteiger partial charge in [0.25, 0.3) is 0 Å². The lowest BCUT2D eigenvalue weighted by atomic mass is 9.90. The monoisotopic (exact) mass is 396 g/mol. The maximum Gasteiger partial charge on any atom is 0.161 e. The summed E-state index contributed by atoms with van der Waals surface area (Å²) < 4.78 is 17.6. The van der Waals surface area contributed by atoms with Gasteiger partial charge in [0.1, 0.15) is 11.4 Å². The first-order valence-corrected chi connectivity index (χ1v) is 10.4. The van der Waals surface area contributed by atoms with Crippen molar-refractivity contribution in [1.29, 1.82) is 0 Å². The molecule has 156 valence electrons. The number of nitrogens with zero attached hydrogens (tertiary/aromatic N) is 2. The van der Waals surface area contributed by atoms with Crippen LogP contribution in [0.15, 0.2) is 36.4 Å². The third-order valence-electron chi connectivity index (χ3n) is 6.20. The summed E-state index contributed by atoms with van der Waals surface area (Å²) in [7, 11) is 5.56. The molecule has 29 heavy (non-hydrogen) atoms. The molecule has 2 aromatic carbocycles. The Morgan fingerprint density at radius 2 is 1.76 bits per heavy atom. The van der Waals surface area contributed by atoms with E-state index in [2.05, 4.69) is 54.1 Å².